The van der Waals surface area contributed by atoms with Crippen LogP contribution < -0.4 is 4.90 Å². The fraction of sp³-hybridized carbons (Fsp3) is 0.154. The maximum atomic E-state index is 12.3. The minimum atomic E-state index is -1.02. The smallest absolute Gasteiger partial charge is 0.345 e. The molecule has 2 aromatic rings. The van der Waals surface area contributed by atoms with Crippen molar-refractivity contribution in [3.8, 4) is 0 Å². The molecule has 0 fully saturated rings. The second kappa shape index (κ2) is 5.62. The van der Waals surface area contributed by atoms with Gasteiger partial charge in [0, 0.05) is 24.6 Å². The van der Waals surface area contributed by atoms with E-state index >= 15 is 0 Å². The van der Waals surface area contributed by atoms with Crippen LogP contribution in [0.25, 0.3) is 0 Å². The third kappa shape index (κ3) is 2.79. The van der Waals surface area contributed by atoms with Crippen LogP contribution in [0.2, 0.25) is 0 Å². The molecule has 19 heavy (non-hydrogen) atoms. The van der Waals surface area contributed by atoms with Crippen LogP contribution in [0.1, 0.15) is 26.3 Å². The summed E-state index contributed by atoms with van der Waals surface area (Å²) in [5, 5.41) is 8.87. The van der Waals surface area contributed by atoms with Gasteiger partial charge in [-0.25, -0.2) is 4.79 Å². The summed E-state index contributed by atoms with van der Waals surface area (Å²) in [7, 11) is 0. The normalized spacial score (nSPS) is 10.2. The molecule has 6 heteroatoms. The third-order valence-electron chi connectivity index (χ3n) is 2.56. The van der Waals surface area contributed by atoms with Gasteiger partial charge in [0.1, 0.15) is 4.88 Å². The van der Waals surface area contributed by atoms with Gasteiger partial charge in [-0.15, -0.1) is 11.3 Å². The van der Waals surface area contributed by atoms with Crippen LogP contribution in [0, 0.1) is 0 Å². The van der Waals surface area contributed by atoms with E-state index in [2.05, 4.69) is 4.98 Å². The van der Waals surface area contributed by atoms with Crippen LogP contribution >= 0.6 is 11.3 Å². The summed E-state index contributed by atoms with van der Waals surface area (Å²) in [6.07, 6.45) is 3.23. The molecule has 0 aromatic carbocycles. The van der Waals surface area contributed by atoms with E-state index in [1.807, 2.05) is 6.92 Å². The van der Waals surface area contributed by atoms with Crippen LogP contribution in [-0.4, -0.2) is 28.5 Å². The van der Waals surface area contributed by atoms with E-state index in [1.165, 1.54) is 6.07 Å². The molecule has 1 N–H and O–H groups in total. The predicted molar refractivity (Wildman–Crippen MR) is 72.9 cm³/mol. The topological polar surface area (TPSA) is 70.5 Å². The summed E-state index contributed by atoms with van der Waals surface area (Å²) in [6, 6.07) is 6.47. The lowest BCUT2D eigenvalue weighted by Crippen LogP contribution is -2.29. The Morgan fingerprint density at radius 1 is 1.21 bits per heavy atom. The van der Waals surface area contributed by atoms with Gasteiger partial charge in [0.15, 0.2) is 0 Å². The fourth-order valence-electron chi connectivity index (χ4n) is 1.67. The van der Waals surface area contributed by atoms with Gasteiger partial charge < -0.3 is 10.0 Å². The summed E-state index contributed by atoms with van der Waals surface area (Å²) in [5.74, 6) is -1.22. The molecule has 0 radical (unpaired) electrons. The lowest BCUT2D eigenvalue weighted by Gasteiger charge is -2.19. The standard InChI is InChI=1S/C13H12N2O3S/c1-2-15(9-5-7-14-8-6-9)12(16)10-3-4-11(19-10)13(17)18/h3-8H,2H2,1H3,(H,17,18). The molecule has 98 valence electrons. The summed E-state index contributed by atoms with van der Waals surface area (Å²) in [5.41, 5.74) is 0.743. The highest BCUT2D eigenvalue weighted by atomic mass is 32.1. The fourth-order valence-corrected chi connectivity index (χ4v) is 2.46. The highest BCUT2D eigenvalue weighted by Crippen LogP contribution is 2.21. The van der Waals surface area contributed by atoms with Crippen molar-refractivity contribution in [1.29, 1.82) is 0 Å². The minimum Gasteiger partial charge on any atom is -0.477 e. The number of carboxylic acid groups (broad SMARTS) is 1. The molecule has 0 aliphatic rings. The van der Waals surface area contributed by atoms with Gasteiger partial charge in [-0.3, -0.25) is 9.78 Å². The SMILES string of the molecule is CCN(C(=O)c1ccc(C(=O)O)s1)c1ccncc1. The van der Waals surface area contributed by atoms with E-state index in [4.69, 9.17) is 5.11 Å². The van der Waals surface area contributed by atoms with Crippen molar-refractivity contribution in [2.45, 2.75) is 6.92 Å². The molecule has 2 aromatic heterocycles. The summed E-state index contributed by atoms with van der Waals surface area (Å²) in [4.78, 5) is 29.2. The Morgan fingerprint density at radius 2 is 1.84 bits per heavy atom. The molecule has 0 unspecified atom stereocenters. The van der Waals surface area contributed by atoms with E-state index in [1.54, 1.807) is 35.5 Å². The van der Waals surface area contributed by atoms with E-state index < -0.39 is 5.97 Å². The van der Waals surface area contributed by atoms with Crippen molar-refractivity contribution in [2.75, 3.05) is 11.4 Å². The van der Waals surface area contributed by atoms with Crippen molar-refractivity contribution < 1.29 is 14.7 Å². The highest BCUT2D eigenvalue weighted by Gasteiger charge is 2.19. The number of carbonyl (C=O) groups is 2. The number of aromatic nitrogens is 1. The van der Waals surface area contributed by atoms with Gasteiger partial charge in [0.05, 0.1) is 4.88 Å². The van der Waals surface area contributed by atoms with Crippen LogP contribution in [-0.2, 0) is 0 Å². The second-order valence-electron chi connectivity index (χ2n) is 3.72. The highest BCUT2D eigenvalue weighted by molar-refractivity contribution is 7.16. The maximum absolute atomic E-state index is 12.3. The first-order valence-corrected chi connectivity index (χ1v) is 6.50. The Morgan fingerprint density at radius 3 is 2.37 bits per heavy atom. The molecule has 5 nitrogen and oxygen atoms in total. The zero-order chi connectivity index (χ0) is 13.8. The summed E-state index contributed by atoms with van der Waals surface area (Å²) >= 11 is 0.981. The number of carboxylic acids is 1. The van der Waals surface area contributed by atoms with Crippen molar-refractivity contribution in [1.82, 2.24) is 4.98 Å². The molecule has 0 aliphatic heterocycles. The Hall–Kier alpha value is -2.21. The van der Waals surface area contributed by atoms with Crippen LogP contribution in [0.5, 0.6) is 0 Å². The Kier molecular flexibility index (Phi) is 3.91. The number of rotatable bonds is 4. The number of aromatic carboxylic acids is 1. The molecular formula is C13H12N2O3S. The zero-order valence-corrected chi connectivity index (χ0v) is 11.1. The molecule has 2 heterocycles. The number of hydrogen-bond acceptors (Lipinski definition) is 4. The number of pyridine rings is 1. The number of nitrogens with zero attached hydrogens (tertiary/aromatic N) is 2. The average Bonchev–Trinajstić information content (AvgIpc) is 2.90. The molecule has 0 spiro atoms. The van der Waals surface area contributed by atoms with E-state index in [9.17, 15) is 9.59 Å². The number of amides is 1. The summed E-state index contributed by atoms with van der Waals surface area (Å²) < 4.78 is 0. The Bertz CT molecular complexity index is 595. The molecule has 0 bridgehead atoms. The first kappa shape index (κ1) is 13.2. The molecule has 1 amide bonds. The second-order valence-corrected chi connectivity index (χ2v) is 4.81. The van der Waals surface area contributed by atoms with Crippen molar-refractivity contribution in [3.05, 3.63) is 46.4 Å². The van der Waals surface area contributed by atoms with E-state index in [0.29, 0.717) is 11.4 Å². The van der Waals surface area contributed by atoms with Crippen molar-refractivity contribution >= 4 is 28.9 Å². The van der Waals surface area contributed by atoms with Gasteiger partial charge >= 0.3 is 5.97 Å². The quantitative estimate of drug-likeness (QED) is 0.931. The zero-order valence-electron chi connectivity index (χ0n) is 10.2. The minimum absolute atomic E-state index is 0.161. The van der Waals surface area contributed by atoms with Gasteiger partial charge in [0.2, 0.25) is 0 Å². The molecule has 2 rings (SSSR count). The Balaban J connectivity index is 2.28. The molecule has 0 saturated carbocycles. The van der Waals surface area contributed by atoms with E-state index in [0.717, 1.165) is 17.0 Å². The van der Waals surface area contributed by atoms with Gasteiger partial charge in [-0.1, -0.05) is 0 Å². The molecule has 0 saturated heterocycles. The van der Waals surface area contributed by atoms with E-state index in [-0.39, 0.29) is 10.8 Å². The number of hydrogen-bond donors (Lipinski definition) is 1. The van der Waals surface area contributed by atoms with Crippen LogP contribution in [0.4, 0.5) is 5.69 Å². The molecule has 0 aliphatic carbocycles. The summed E-state index contributed by atoms with van der Waals surface area (Å²) in [6.45, 7) is 2.37. The predicted octanol–water partition coefficient (Wildman–Crippen LogP) is 2.51. The number of carbonyl (C=O) groups excluding carboxylic acids is 1. The van der Waals surface area contributed by atoms with Crippen molar-refractivity contribution in [2.24, 2.45) is 0 Å². The number of thiophene rings is 1. The maximum Gasteiger partial charge on any atom is 0.345 e. The van der Waals surface area contributed by atoms with Crippen molar-refractivity contribution in [3.63, 3.8) is 0 Å². The third-order valence-corrected chi connectivity index (χ3v) is 3.62. The number of anilines is 1. The van der Waals surface area contributed by atoms with Gasteiger partial charge in [0.25, 0.3) is 5.91 Å². The molecule has 0 atom stereocenters. The first-order valence-electron chi connectivity index (χ1n) is 5.68. The lowest BCUT2D eigenvalue weighted by atomic mass is 10.3. The Labute approximate surface area is 114 Å². The van der Waals surface area contributed by atoms with Gasteiger partial charge in [-0.05, 0) is 31.2 Å². The van der Waals surface area contributed by atoms with Gasteiger partial charge in [-0.2, -0.15) is 0 Å². The first-order chi connectivity index (χ1) is 9.13. The van der Waals surface area contributed by atoms with Crippen LogP contribution in [0.3, 0.4) is 0 Å². The lowest BCUT2D eigenvalue weighted by molar-refractivity contribution is 0.0702. The monoisotopic (exact) mass is 276 g/mol. The van der Waals surface area contributed by atoms with Crippen LogP contribution in [0.15, 0.2) is 36.7 Å². The largest absolute Gasteiger partial charge is 0.477 e. The molecular weight excluding hydrogens is 264 g/mol. The average molecular weight is 276 g/mol.